The quantitative estimate of drug-likeness (QED) is 0.216. The van der Waals surface area contributed by atoms with Crippen molar-refractivity contribution in [2.45, 2.75) is 52.2 Å². The molecule has 3 rings (SSSR count). The van der Waals surface area contributed by atoms with E-state index >= 15 is 0 Å². The van der Waals surface area contributed by atoms with Crippen LogP contribution in [0.2, 0.25) is 5.02 Å². The zero-order valence-corrected chi connectivity index (χ0v) is 25.6. The van der Waals surface area contributed by atoms with Crippen molar-refractivity contribution in [2.24, 2.45) is 0 Å². The van der Waals surface area contributed by atoms with Crippen molar-refractivity contribution in [2.75, 3.05) is 17.1 Å². The highest BCUT2D eigenvalue weighted by Crippen LogP contribution is 2.28. The lowest BCUT2D eigenvalue weighted by Crippen LogP contribution is -2.54. The standard InChI is InChI=1S/C30H35ClN4O6S/c1-5-22(3)32-30(37)28(17-23-10-7-6-8-11-23)33(19-24-12-9-13-25(31)16-24)29(36)20-34(42(4,40)41)27-18-26(35(38)39)15-14-21(27)2/h6-16,18,22,28H,5,17,19-20H2,1-4H3,(H,32,37)/t22-,28+/m1/s1. The summed E-state index contributed by atoms with van der Waals surface area (Å²) in [6, 6.07) is 18.7. The maximum atomic E-state index is 14.2. The molecule has 0 saturated heterocycles. The zero-order chi connectivity index (χ0) is 31.0. The van der Waals surface area contributed by atoms with Gasteiger partial charge < -0.3 is 10.2 Å². The van der Waals surface area contributed by atoms with E-state index in [9.17, 15) is 28.1 Å². The molecule has 10 nitrogen and oxygen atoms in total. The average molecular weight is 615 g/mol. The average Bonchev–Trinajstić information content (AvgIpc) is 2.93. The Labute approximate surface area is 251 Å². The third kappa shape index (κ3) is 8.77. The van der Waals surface area contributed by atoms with Crippen LogP contribution < -0.4 is 9.62 Å². The molecule has 224 valence electrons. The molecule has 0 radical (unpaired) electrons. The van der Waals surface area contributed by atoms with E-state index in [0.29, 0.717) is 22.6 Å². The molecule has 42 heavy (non-hydrogen) atoms. The van der Waals surface area contributed by atoms with E-state index in [1.54, 1.807) is 31.2 Å². The number of nitro groups is 1. The van der Waals surface area contributed by atoms with Crippen molar-refractivity contribution < 1.29 is 22.9 Å². The molecule has 0 aliphatic rings. The van der Waals surface area contributed by atoms with Gasteiger partial charge in [0.05, 0.1) is 16.9 Å². The Morgan fingerprint density at radius 1 is 1.02 bits per heavy atom. The minimum atomic E-state index is -4.08. The first kappa shape index (κ1) is 32.6. The van der Waals surface area contributed by atoms with Crippen molar-refractivity contribution in [1.29, 1.82) is 0 Å². The lowest BCUT2D eigenvalue weighted by molar-refractivity contribution is -0.384. The van der Waals surface area contributed by atoms with Crippen molar-refractivity contribution in [3.8, 4) is 0 Å². The van der Waals surface area contributed by atoms with Crippen LogP contribution in [-0.4, -0.2) is 54.9 Å². The second kappa shape index (κ2) is 14.3. The Bertz CT molecular complexity index is 1530. The number of non-ortho nitro benzene ring substituents is 1. The molecule has 0 fully saturated rings. The first-order chi connectivity index (χ1) is 19.8. The summed E-state index contributed by atoms with van der Waals surface area (Å²) in [5.74, 6) is -1.05. The molecule has 0 aliphatic heterocycles. The van der Waals surface area contributed by atoms with Crippen molar-refractivity contribution in [3.63, 3.8) is 0 Å². The van der Waals surface area contributed by atoms with Gasteiger partial charge in [-0.1, -0.05) is 67.1 Å². The molecule has 1 N–H and O–H groups in total. The minimum Gasteiger partial charge on any atom is -0.352 e. The number of nitrogens with one attached hydrogen (secondary N) is 1. The summed E-state index contributed by atoms with van der Waals surface area (Å²) in [4.78, 5) is 40.0. The highest BCUT2D eigenvalue weighted by Gasteiger charge is 2.34. The molecular weight excluding hydrogens is 580 g/mol. The number of carbonyl (C=O) groups excluding carboxylic acids is 2. The van der Waals surface area contributed by atoms with E-state index in [1.165, 1.54) is 17.0 Å². The van der Waals surface area contributed by atoms with Crippen LogP contribution in [0, 0.1) is 17.0 Å². The molecule has 12 heteroatoms. The van der Waals surface area contributed by atoms with Crippen molar-refractivity contribution >= 4 is 44.8 Å². The third-order valence-electron chi connectivity index (χ3n) is 6.87. The largest absolute Gasteiger partial charge is 0.352 e. The maximum Gasteiger partial charge on any atom is 0.271 e. The maximum absolute atomic E-state index is 14.2. The van der Waals surface area contributed by atoms with E-state index in [4.69, 9.17) is 11.6 Å². The molecule has 0 saturated carbocycles. The van der Waals surface area contributed by atoms with E-state index in [-0.39, 0.29) is 36.3 Å². The van der Waals surface area contributed by atoms with Crippen LogP contribution in [0.4, 0.5) is 11.4 Å². The fraction of sp³-hybridized carbons (Fsp3) is 0.333. The number of hydrogen-bond donors (Lipinski definition) is 1. The number of carbonyl (C=O) groups is 2. The highest BCUT2D eigenvalue weighted by molar-refractivity contribution is 7.92. The van der Waals surface area contributed by atoms with E-state index < -0.39 is 33.4 Å². The van der Waals surface area contributed by atoms with Gasteiger partial charge in [-0.3, -0.25) is 24.0 Å². The fourth-order valence-corrected chi connectivity index (χ4v) is 5.51. The number of hydrogen-bond acceptors (Lipinski definition) is 6. The van der Waals surface area contributed by atoms with Gasteiger partial charge in [-0.25, -0.2) is 8.42 Å². The molecular formula is C30H35ClN4O6S. The SMILES string of the molecule is CC[C@@H](C)NC(=O)[C@H](Cc1ccccc1)N(Cc1cccc(Cl)c1)C(=O)CN(c1cc([N+](=O)[O-])ccc1C)S(C)(=O)=O. The van der Waals surface area contributed by atoms with Gasteiger partial charge in [0.15, 0.2) is 0 Å². The van der Waals surface area contributed by atoms with Crippen LogP contribution in [0.25, 0.3) is 0 Å². The monoisotopic (exact) mass is 614 g/mol. The number of rotatable bonds is 13. The number of halogens is 1. The normalized spacial score (nSPS) is 12.7. The first-order valence-corrected chi connectivity index (χ1v) is 15.6. The number of anilines is 1. The summed E-state index contributed by atoms with van der Waals surface area (Å²) >= 11 is 6.22. The van der Waals surface area contributed by atoms with Crippen LogP contribution in [0.3, 0.4) is 0 Å². The summed E-state index contributed by atoms with van der Waals surface area (Å²) in [6.45, 7) is 4.68. The predicted molar refractivity (Wildman–Crippen MR) is 164 cm³/mol. The second-order valence-corrected chi connectivity index (χ2v) is 12.5. The number of aryl methyl sites for hydroxylation is 1. The molecule has 0 spiro atoms. The van der Waals surface area contributed by atoms with Gasteiger partial charge in [-0.05, 0) is 49.1 Å². The second-order valence-electron chi connectivity index (χ2n) is 10.2. The van der Waals surface area contributed by atoms with Gasteiger partial charge >= 0.3 is 0 Å². The Morgan fingerprint density at radius 3 is 2.29 bits per heavy atom. The smallest absolute Gasteiger partial charge is 0.271 e. The molecule has 2 atom stereocenters. The number of benzene rings is 3. The highest BCUT2D eigenvalue weighted by atomic mass is 35.5. The molecule has 0 bridgehead atoms. The molecule has 0 unspecified atom stereocenters. The van der Waals surface area contributed by atoms with Gasteiger partial charge in [-0.2, -0.15) is 0 Å². The Kier molecular flexibility index (Phi) is 11.1. The number of nitro benzene ring substituents is 1. The topological polar surface area (TPSA) is 130 Å². The zero-order valence-electron chi connectivity index (χ0n) is 24.0. The third-order valence-corrected chi connectivity index (χ3v) is 8.23. The van der Waals surface area contributed by atoms with Gasteiger partial charge in [-0.15, -0.1) is 0 Å². The molecule has 3 aromatic rings. The summed E-state index contributed by atoms with van der Waals surface area (Å²) in [5, 5.41) is 14.9. The predicted octanol–water partition coefficient (Wildman–Crippen LogP) is 4.88. The van der Waals surface area contributed by atoms with Gasteiger partial charge in [0.25, 0.3) is 5.69 Å². The van der Waals surface area contributed by atoms with Gasteiger partial charge in [0, 0.05) is 36.2 Å². The number of amides is 2. The Hall–Kier alpha value is -3.96. The van der Waals surface area contributed by atoms with Crippen LogP contribution in [0.1, 0.15) is 37.0 Å². The lowest BCUT2D eigenvalue weighted by atomic mass is 10.0. The molecule has 0 aromatic heterocycles. The summed E-state index contributed by atoms with van der Waals surface area (Å²) in [7, 11) is -4.08. The van der Waals surface area contributed by atoms with Crippen LogP contribution in [-0.2, 0) is 32.6 Å². The molecule has 3 aromatic carbocycles. The van der Waals surface area contributed by atoms with E-state index in [2.05, 4.69) is 5.32 Å². The van der Waals surface area contributed by atoms with E-state index in [1.807, 2.05) is 44.2 Å². The van der Waals surface area contributed by atoms with Crippen molar-refractivity contribution in [3.05, 3.63) is 105 Å². The Balaban J connectivity index is 2.11. The first-order valence-electron chi connectivity index (χ1n) is 13.4. The fourth-order valence-electron chi connectivity index (χ4n) is 4.40. The lowest BCUT2D eigenvalue weighted by Gasteiger charge is -2.34. The number of nitrogens with zero attached hydrogens (tertiary/aromatic N) is 3. The van der Waals surface area contributed by atoms with Crippen LogP contribution >= 0.6 is 11.6 Å². The molecule has 0 aliphatic carbocycles. The van der Waals surface area contributed by atoms with Gasteiger partial charge in [0.1, 0.15) is 12.6 Å². The van der Waals surface area contributed by atoms with Gasteiger partial charge in [0.2, 0.25) is 21.8 Å². The van der Waals surface area contributed by atoms with E-state index in [0.717, 1.165) is 22.2 Å². The summed E-state index contributed by atoms with van der Waals surface area (Å²) < 4.78 is 26.8. The molecule has 0 heterocycles. The summed E-state index contributed by atoms with van der Waals surface area (Å²) in [6.07, 6.45) is 1.76. The number of sulfonamides is 1. The van der Waals surface area contributed by atoms with Crippen molar-refractivity contribution in [1.82, 2.24) is 10.2 Å². The summed E-state index contributed by atoms with van der Waals surface area (Å²) in [5.41, 5.74) is 1.56. The Morgan fingerprint density at radius 2 is 1.69 bits per heavy atom. The van der Waals surface area contributed by atoms with Crippen LogP contribution in [0.5, 0.6) is 0 Å². The minimum absolute atomic E-state index is 0.00595. The molecule has 2 amide bonds. The van der Waals surface area contributed by atoms with Crippen LogP contribution in [0.15, 0.2) is 72.8 Å².